The van der Waals surface area contributed by atoms with E-state index in [-0.39, 0.29) is 11.2 Å². The van der Waals surface area contributed by atoms with Crippen molar-refractivity contribution in [3.05, 3.63) is 65.7 Å². The third-order valence-corrected chi connectivity index (χ3v) is 4.70. The zero-order valence-electron chi connectivity index (χ0n) is 10.3. The molecule has 0 radical (unpaired) electrons. The van der Waals surface area contributed by atoms with Crippen molar-refractivity contribution in [2.24, 2.45) is 0 Å². The van der Waals surface area contributed by atoms with E-state index in [0.717, 1.165) is 12.0 Å². The van der Waals surface area contributed by atoms with E-state index >= 15 is 0 Å². The van der Waals surface area contributed by atoms with Gasteiger partial charge >= 0.3 is 7.60 Å². The van der Waals surface area contributed by atoms with Gasteiger partial charge in [0, 0.05) is 0 Å². The van der Waals surface area contributed by atoms with Gasteiger partial charge in [-0.05, 0) is 35.4 Å². The average Bonchev–Trinajstić information content (AvgIpc) is 3.19. The molecule has 2 aromatic carbocycles. The van der Waals surface area contributed by atoms with Crippen molar-refractivity contribution < 1.29 is 14.4 Å². The van der Waals surface area contributed by atoms with Gasteiger partial charge in [-0.3, -0.25) is 4.57 Å². The monoisotopic (exact) mass is 274 g/mol. The van der Waals surface area contributed by atoms with E-state index in [0.29, 0.717) is 5.92 Å². The van der Waals surface area contributed by atoms with Gasteiger partial charge in [-0.1, -0.05) is 48.5 Å². The summed E-state index contributed by atoms with van der Waals surface area (Å²) in [5.41, 5.74) is 2.04. The third-order valence-electron chi connectivity index (χ3n) is 3.67. The van der Waals surface area contributed by atoms with Crippen molar-refractivity contribution in [1.82, 2.24) is 0 Å². The molecule has 2 aromatic rings. The maximum absolute atomic E-state index is 11.5. The predicted octanol–water partition coefficient (Wildman–Crippen LogP) is 2.76. The smallest absolute Gasteiger partial charge is 0.321 e. The first-order valence-electron chi connectivity index (χ1n) is 6.27. The van der Waals surface area contributed by atoms with Gasteiger partial charge in [-0.2, -0.15) is 0 Å². The van der Waals surface area contributed by atoms with Crippen LogP contribution in [-0.2, 0) is 4.57 Å². The Balaban J connectivity index is 1.92. The largest absolute Gasteiger partial charge is 0.356 e. The lowest BCUT2D eigenvalue weighted by molar-refractivity contribution is 0.387. The Morgan fingerprint density at radius 1 is 0.895 bits per heavy atom. The zero-order chi connectivity index (χ0) is 13.5. The third kappa shape index (κ3) is 2.50. The van der Waals surface area contributed by atoms with Crippen LogP contribution in [0.2, 0.25) is 0 Å². The molecule has 0 aliphatic heterocycles. The van der Waals surface area contributed by atoms with Gasteiger partial charge in [0.1, 0.15) is 0 Å². The first-order valence-corrected chi connectivity index (χ1v) is 7.88. The molecule has 2 atom stereocenters. The van der Waals surface area contributed by atoms with Crippen LogP contribution in [-0.4, -0.2) is 9.79 Å². The second-order valence-electron chi connectivity index (χ2n) is 4.96. The van der Waals surface area contributed by atoms with Crippen molar-refractivity contribution in [2.75, 3.05) is 0 Å². The van der Waals surface area contributed by atoms with Crippen LogP contribution < -0.4 is 5.30 Å². The summed E-state index contributed by atoms with van der Waals surface area (Å²) in [6.45, 7) is 0. The topological polar surface area (TPSA) is 57.5 Å². The minimum atomic E-state index is -4.19. The molecular weight excluding hydrogens is 259 g/mol. The highest BCUT2D eigenvalue weighted by Crippen LogP contribution is 2.55. The molecule has 0 aromatic heterocycles. The maximum Gasteiger partial charge on any atom is 0.356 e. The molecule has 98 valence electrons. The molecular formula is C15H15O3P. The van der Waals surface area contributed by atoms with E-state index in [9.17, 15) is 14.4 Å². The van der Waals surface area contributed by atoms with Gasteiger partial charge in [0.15, 0.2) is 0 Å². The molecule has 2 unspecified atom stereocenters. The first-order chi connectivity index (χ1) is 9.07. The highest BCUT2D eigenvalue weighted by atomic mass is 31.2. The Hall–Kier alpha value is -1.41. The summed E-state index contributed by atoms with van der Waals surface area (Å²) in [5, 5.41) is 0.179. The number of benzene rings is 2. The van der Waals surface area contributed by atoms with Crippen LogP contribution in [0.4, 0.5) is 0 Å². The molecule has 0 amide bonds. The van der Waals surface area contributed by atoms with Crippen LogP contribution in [0.25, 0.3) is 0 Å². The molecule has 0 saturated heterocycles. The predicted molar refractivity (Wildman–Crippen MR) is 74.7 cm³/mol. The van der Waals surface area contributed by atoms with Crippen LogP contribution >= 0.6 is 7.60 Å². The lowest BCUT2D eigenvalue weighted by Crippen LogP contribution is -2.10. The molecule has 1 saturated carbocycles. The second-order valence-corrected chi connectivity index (χ2v) is 6.53. The quantitative estimate of drug-likeness (QED) is 0.846. The Bertz CT molecular complexity index is 633. The Labute approximate surface area is 112 Å². The summed E-state index contributed by atoms with van der Waals surface area (Å²) in [4.78, 5) is 18.8. The Kier molecular flexibility index (Phi) is 3.06. The van der Waals surface area contributed by atoms with E-state index in [1.807, 2.05) is 30.3 Å². The van der Waals surface area contributed by atoms with Crippen LogP contribution in [0, 0.1) is 0 Å². The fourth-order valence-corrected chi connectivity index (χ4v) is 3.53. The van der Waals surface area contributed by atoms with Gasteiger partial charge in [0.25, 0.3) is 0 Å². The molecule has 3 nitrogen and oxygen atoms in total. The van der Waals surface area contributed by atoms with Crippen molar-refractivity contribution in [3.8, 4) is 0 Å². The van der Waals surface area contributed by atoms with E-state index in [1.54, 1.807) is 6.07 Å². The minimum Gasteiger partial charge on any atom is -0.321 e. The number of rotatable bonds is 3. The summed E-state index contributed by atoms with van der Waals surface area (Å²) >= 11 is 0. The first kappa shape index (κ1) is 12.6. The lowest BCUT2D eigenvalue weighted by Gasteiger charge is -2.10. The van der Waals surface area contributed by atoms with Gasteiger partial charge in [0.05, 0.1) is 5.30 Å². The minimum absolute atomic E-state index is 0.179. The molecule has 2 N–H and O–H groups in total. The summed E-state index contributed by atoms with van der Waals surface area (Å²) < 4.78 is 11.5. The molecule has 0 spiro atoms. The summed E-state index contributed by atoms with van der Waals surface area (Å²) in [5.74, 6) is 0.611. The van der Waals surface area contributed by atoms with Crippen molar-refractivity contribution in [3.63, 3.8) is 0 Å². The van der Waals surface area contributed by atoms with Gasteiger partial charge < -0.3 is 9.79 Å². The Morgan fingerprint density at radius 2 is 1.53 bits per heavy atom. The van der Waals surface area contributed by atoms with E-state index in [4.69, 9.17) is 0 Å². The molecule has 19 heavy (non-hydrogen) atoms. The lowest BCUT2D eigenvalue weighted by atomic mass is 10.0. The van der Waals surface area contributed by atoms with Gasteiger partial charge in [-0.25, -0.2) is 0 Å². The molecule has 3 rings (SSSR count). The highest BCUT2D eigenvalue weighted by Gasteiger charge is 2.42. The Morgan fingerprint density at radius 3 is 2.21 bits per heavy atom. The van der Waals surface area contributed by atoms with Crippen LogP contribution in [0.1, 0.15) is 29.4 Å². The van der Waals surface area contributed by atoms with Crippen molar-refractivity contribution >= 4 is 12.9 Å². The zero-order valence-corrected chi connectivity index (χ0v) is 11.2. The van der Waals surface area contributed by atoms with Crippen molar-refractivity contribution in [2.45, 2.75) is 18.3 Å². The van der Waals surface area contributed by atoms with Crippen LogP contribution in [0.3, 0.4) is 0 Å². The molecule has 1 aliphatic rings. The van der Waals surface area contributed by atoms with Crippen LogP contribution in [0.5, 0.6) is 0 Å². The number of hydrogen-bond acceptors (Lipinski definition) is 1. The van der Waals surface area contributed by atoms with Crippen LogP contribution in [0.15, 0.2) is 54.6 Å². The molecule has 1 fully saturated rings. The standard InChI is InChI=1S/C15H15O3P/c16-19(17,18)15-9-5-4-8-12(15)14-10-13(14)11-6-2-1-3-7-11/h1-9,13-14H,10H2,(H2,16,17,18). The molecule has 0 bridgehead atoms. The molecule has 1 aliphatic carbocycles. The van der Waals surface area contributed by atoms with E-state index in [2.05, 4.69) is 12.1 Å². The fraction of sp³-hybridized carbons (Fsp3) is 0.200. The summed E-state index contributed by atoms with van der Waals surface area (Å²) in [6, 6.07) is 17.0. The number of hydrogen-bond donors (Lipinski definition) is 2. The van der Waals surface area contributed by atoms with Crippen molar-refractivity contribution in [1.29, 1.82) is 0 Å². The van der Waals surface area contributed by atoms with Gasteiger partial charge in [0.2, 0.25) is 0 Å². The molecule has 4 heteroatoms. The summed E-state index contributed by atoms with van der Waals surface area (Å²) in [6.07, 6.45) is 0.959. The fourth-order valence-electron chi connectivity index (χ4n) is 2.67. The SMILES string of the molecule is O=P(O)(O)c1ccccc1C1CC1c1ccccc1. The normalized spacial score (nSPS) is 22.2. The molecule has 0 heterocycles. The van der Waals surface area contributed by atoms with Gasteiger partial charge in [-0.15, -0.1) is 0 Å². The van der Waals surface area contributed by atoms with E-state index in [1.165, 1.54) is 11.6 Å². The second kappa shape index (κ2) is 4.61. The highest BCUT2D eigenvalue weighted by molar-refractivity contribution is 7.60. The van der Waals surface area contributed by atoms with E-state index < -0.39 is 7.60 Å². The average molecular weight is 274 g/mol. The summed E-state index contributed by atoms with van der Waals surface area (Å²) in [7, 11) is -4.19. The maximum atomic E-state index is 11.5.